The van der Waals surface area contributed by atoms with Crippen molar-refractivity contribution in [2.45, 2.75) is 39.0 Å². The number of Topliss-reactive ketones (excluding diaryl/α,β-unsaturated/α-hetero) is 1. The van der Waals surface area contributed by atoms with Gasteiger partial charge in [0, 0.05) is 0 Å². The summed E-state index contributed by atoms with van der Waals surface area (Å²) < 4.78 is 27.2. The van der Waals surface area contributed by atoms with Crippen LogP contribution in [0.3, 0.4) is 0 Å². The molecule has 0 saturated carbocycles. The summed E-state index contributed by atoms with van der Waals surface area (Å²) in [7, 11) is 0. The Morgan fingerprint density at radius 3 is 2.62 bits per heavy atom. The van der Waals surface area contributed by atoms with Gasteiger partial charge in [0.05, 0.1) is 12.1 Å². The Bertz CT molecular complexity index is 469. The summed E-state index contributed by atoms with van der Waals surface area (Å²) in [4.78, 5) is 14.2. The van der Waals surface area contributed by atoms with Gasteiger partial charge >= 0.3 is 0 Å². The minimum Gasteiger partial charge on any atom is -0.296 e. The largest absolute Gasteiger partial charge is 0.296 e. The second kappa shape index (κ2) is 7.64. The minimum absolute atomic E-state index is 0.108. The lowest BCUT2D eigenvalue weighted by molar-refractivity contribution is 0.0923. The SMILES string of the molecule is CCCC1CCCN(CC(=O)c2c(F)cccc2F)CC1. The number of nitrogens with zero attached hydrogens (tertiary/aromatic N) is 1. The predicted molar refractivity (Wildman–Crippen MR) is 79.4 cm³/mol. The Morgan fingerprint density at radius 2 is 1.95 bits per heavy atom. The highest BCUT2D eigenvalue weighted by atomic mass is 19.1. The maximum absolute atomic E-state index is 13.6. The van der Waals surface area contributed by atoms with E-state index in [4.69, 9.17) is 0 Å². The van der Waals surface area contributed by atoms with Crippen LogP contribution in [0.1, 0.15) is 49.4 Å². The average molecular weight is 295 g/mol. The van der Waals surface area contributed by atoms with E-state index in [1.165, 1.54) is 25.3 Å². The highest BCUT2D eigenvalue weighted by Gasteiger charge is 2.22. The molecule has 21 heavy (non-hydrogen) atoms. The Kier molecular flexibility index (Phi) is 5.85. The number of likely N-dealkylation sites (tertiary alicyclic amines) is 1. The molecule has 0 aliphatic carbocycles. The van der Waals surface area contributed by atoms with Gasteiger partial charge in [-0.1, -0.05) is 25.8 Å². The van der Waals surface area contributed by atoms with Crippen molar-refractivity contribution in [3.8, 4) is 0 Å². The molecule has 0 N–H and O–H groups in total. The second-order valence-corrected chi connectivity index (χ2v) is 5.88. The summed E-state index contributed by atoms with van der Waals surface area (Å²) in [6.45, 7) is 3.97. The second-order valence-electron chi connectivity index (χ2n) is 5.88. The number of rotatable bonds is 5. The molecule has 0 amide bonds. The Balaban J connectivity index is 1.97. The molecule has 1 atom stereocenters. The smallest absolute Gasteiger partial charge is 0.182 e. The molecule has 2 nitrogen and oxygen atoms in total. The van der Waals surface area contributed by atoms with Gasteiger partial charge in [0.25, 0.3) is 0 Å². The van der Waals surface area contributed by atoms with Gasteiger partial charge in [-0.3, -0.25) is 9.69 Å². The van der Waals surface area contributed by atoms with Crippen LogP contribution >= 0.6 is 0 Å². The fraction of sp³-hybridized carbons (Fsp3) is 0.588. The van der Waals surface area contributed by atoms with Crippen molar-refractivity contribution in [1.29, 1.82) is 0 Å². The van der Waals surface area contributed by atoms with E-state index < -0.39 is 23.0 Å². The molecule has 2 rings (SSSR count). The van der Waals surface area contributed by atoms with Crippen molar-refractivity contribution in [2.24, 2.45) is 5.92 Å². The molecule has 1 aromatic rings. The Hall–Kier alpha value is -1.29. The summed E-state index contributed by atoms with van der Waals surface area (Å²) >= 11 is 0. The van der Waals surface area contributed by atoms with Gasteiger partial charge in [0.2, 0.25) is 0 Å². The lowest BCUT2D eigenvalue weighted by Gasteiger charge is -2.19. The van der Waals surface area contributed by atoms with Crippen LogP contribution in [0.5, 0.6) is 0 Å². The van der Waals surface area contributed by atoms with Crippen LogP contribution in [0.4, 0.5) is 8.78 Å². The minimum atomic E-state index is -0.765. The first-order valence-corrected chi connectivity index (χ1v) is 7.81. The maximum atomic E-state index is 13.6. The molecule has 0 radical (unpaired) electrons. The van der Waals surface area contributed by atoms with Crippen molar-refractivity contribution in [3.63, 3.8) is 0 Å². The normalized spacial score (nSPS) is 20.2. The zero-order valence-corrected chi connectivity index (χ0v) is 12.6. The van der Waals surface area contributed by atoms with E-state index in [9.17, 15) is 13.6 Å². The molecule has 1 aliphatic rings. The molecule has 0 spiro atoms. The number of halogens is 2. The van der Waals surface area contributed by atoms with Gasteiger partial charge in [0.15, 0.2) is 5.78 Å². The number of carbonyl (C=O) groups excluding carboxylic acids is 1. The van der Waals surface area contributed by atoms with Crippen LogP contribution in [0.15, 0.2) is 18.2 Å². The highest BCUT2D eigenvalue weighted by Crippen LogP contribution is 2.22. The third-order valence-corrected chi connectivity index (χ3v) is 4.25. The zero-order valence-electron chi connectivity index (χ0n) is 12.6. The van der Waals surface area contributed by atoms with Gasteiger partial charge in [-0.25, -0.2) is 8.78 Å². The molecule has 1 heterocycles. The van der Waals surface area contributed by atoms with Crippen molar-refractivity contribution in [2.75, 3.05) is 19.6 Å². The average Bonchev–Trinajstić information content (AvgIpc) is 2.65. The van der Waals surface area contributed by atoms with Crippen molar-refractivity contribution >= 4 is 5.78 Å². The molecule has 1 aromatic carbocycles. The third kappa shape index (κ3) is 4.34. The van der Waals surface area contributed by atoms with Gasteiger partial charge in [-0.2, -0.15) is 0 Å². The molecule has 1 unspecified atom stereocenters. The van der Waals surface area contributed by atoms with Crippen LogP contribution < -0.4 is 0 Å². The molecule has 1 saturated heterocycles. The Labute approximate surface area is 125 Å². The number of ketones is 1. The van der Waals surface area contributed by atoms with Crippen LogP contribution in [-0.2, 0) is 0 Å². The molecule has 0 bridgehead atoms. The lowest BCUT2D eigenvalue weighted by Crippen LogP contribution is -2.31. The molecule has 116 valence electrons. The van der Waals surface area contributed by atoms with Crippen molar-refractivity contribution in [1.82, 2.24) is 4.90 Å². The third-order valence-electron chi connectivity index (χ3n) is 4.25. The quantitative estimate of drug-likeness (QED) is 0.764. The van der Waals surface area contributed by atoms with E-state index in [0.29, 0.717) is 0 Å². The monoisotopic (exact) mass is 295 g/mol. The number of carbonyl (C=O) groups is 1. The van der Waals surface area contributed by atoms with Crippen molar-refractivity contribution in [3.05, 3.63) is 35.4 Å². The first-order chi connectivity index (χ1) is 10.1. The van der Waals surface area contributed by atoms with E-state index in [-0.39, 0.29) is 6.54 Å². The van der Waals surface area contributed by atoms with Crippen LogP contribution in [0.2, 0.25) is 0 Å². The van der Waals surface area contributed by atoms with E-state index in [1.54, 1.807) is 0 Å². The fourth-order valence-electron chi connectivity index (χ4n) is 3.13. The first-order valence-electron chi connectivity index (χ1n) is 7.81. The van der Waals surface area contributed by atoms with Gasteiger partial charge < -0.3 is 0 Å². The molecule has 0 aromatic heterocycles. The van der Waals surface area contributed by atoms with Gasteiger partial charge in [-0.15, -0.1) is 0 Å². The predicted octanol–water partition coefficient (Wildman–Crippen LogP) is 4.05. The highest BCUT2D eigenvalue weighted by molar-refractivity contribution is 5.98. The van der Waals surface area contributed by atoms with E-state index in [0.717, 1.165) is 44.0 Å². The van der Waals surface area contributed by atoms with E-state index >= 15 is 0 Å². The molecule has 1 aliphatic heterocycles. The van der Waals surface area contributed by atoms with Crippen molar-refractivity contribution < 1.29 is 13.6 Å². The zero-order chi connectivity index (χ0) is 15.2. The summed E-state index contributed by atoms with van der Waals surface area (Å²) in [6, 6.07) is 3.55. The fourth-order valence-corrected chi connectivity index (χ4v) is 3.13. The lowest BCUT2D eigenvalue weighted by atomic mass is 9.96. The maximum Gasteiger partial charge on any atom is 0.182 e. The topological polar surface area (TPSA) is 20.3 Å². The summed E-state index contributed by atoms with van der Waals surface area (Å²) in [5.41, 5.74) is -0.396. The first kappa shape index (κ1) is 16.1. The van der Waals surface area contributed by atoms with E-state index in [1.807, 2.05) is 4.90 Å². The molecule has 4 heteroatoms. The molecular formula is C17H23F2NO. The van der Waals surface area contributed by atoms with Crippen LogP contribution in [-0.4, -0.2) is 30.3 Å². The van der Waals surface area contributed by atoms with E-state index in [2.05, 4.69) is 6.92 Å². The number of hydrogen-bond donors (Lipinski definition) is 0. The number of hydrogen-bond acceptors (Lipinski definition) is 2. The summed E-state index contributed by atoms with van der Waals surface area (Å²) in [6.07, 6.45) is 5.72. The number of benzene rings is 1. The molecule has 1 fully saturated rings. The van der Waals surface area contributed by atoms with Crippen LogP contribution in [0, 0.1) is 17.6 Å². The summed E-state index contributed by atoms with van der Waals surface area (Å²) in [5, 5.41) is 0. The summed E-state index contributed by atoms with van der Waals surface area (Å²) in [5.74, 6) is -1.27. The molecular weight excluding hydrogens is 272 g/mol. The standard InChI is InChI=1S/C17H23F2NO/c1-2-5-13-6-4-10-20(11-9-13)12-16(21)17-14(18)7-3-8-15(17)19/h3,7-8,13H,2,4-6,9-12H2,1H3. The van der Waals surface area contributed by atoms with Gasteiger partial charge in [-0.05, 0) is 50.4 Å². The Morgan fingerprint density at radius 1 is 1.24 bits per heavy atom. The van der Waals surface area contributed by atoms with Gasteiger partial charge in [0.1, 0.15) is 11.6 Å². The van der Waals surface area contributed by atoms with Crippen LogP contribution in [0.25, 0.3) is 0 Å².